The van der Waals surface area contributed by atoms with Crippen LogP contribution in [0.15, 0.2) is 54.6 Å². The Hall–Kier alpha value is -3.20. The largest absolute Gasteiger partial charge is 0.325 e. The number of carbonyl (C=O) groups excluding carboxylic acids is 1. The molecule has 2 rings (SSSR count). The number of anilines is 1. The van der Waals surface area contributed by atoms with Crippen LogP contribution < -0.4 is 5.32 Å². The zero-order valence-corrected chi connectivity index (χ0v) is 10.9. The number of benzene rings is 2. The van der Waals surface area contributed by atoms with Gasteiger partial charge in [-0.1, -0.05) is 30.3 Å². The second kappa shape index (κ2) is 6.30. The summed E-state index contributed by atoms with van der Waals surface area (Å²) in [6, 6.07) is 16.1. The fraction of sp³-hybridized carbons (Fsp3) is 0.0667. The average Bonchev–Trinajstić information content (AvgIpc) is 2.49. The number of hydrogen-bond donors (Lipinski definition) is 1. The molecule has 0 aromatic heterocycles. The van der Waals surface area contributed by atoms with Crippen molar-refractivity contribution in [3.8, 4) is 6.07 Å². The maximum atomic E-state index is 12.1. The molecule has 0 aliphatic rings. The van der Waals surface area contributed by atoms with Crippen molar-refractivity contribution < 1.29 is 9.72 Å². The van der Waals surface area contributed by atoms with Gasteiger partial charge in [-0.2, -0.15) is 5.26 Å². The van der Waals surface area contributed by atoms with Gasteiger partial charge in [0, 0.05) is 17.8 Å². The van der Waals surface area contributed by atoms with Gasteiger partial charge >= 0.3 is 0 Å². The minimum Gasteiger partial charge on any atom is -0.325 e. The Kier molecular flexibility index (Phi) is 4.26. The Morgan fingerprint density at radius 2 is 1.76 bits per heavy atom. The molecule has 0 heterocycles. The SMILES string of the molecule is N#CC(C(=O)Nc1ccc([N+](=O)[O-])cc1)c1ccccc1. The predicted molar refractivity (Wildman–Crippen MR) is 76.5 cm³/mol. The van der Waals surface area contributed by atoms with E-state index < -0.39 is 16.7 Å². The van der Waals surface area contributed by atoms with Gasteiger partial charge in [0.2, 0.25) is 5.91 Å². The minimum atomic E-state index is -0.929. The predicted octanol–water partition coefficient (Wildman–Crippen LogP) is 2.84. The fourth-order valence-electron chi connectivity index (χ4n) is 1.81. The van der Waals surface area contributed by atoms with Gasteiger partial charge in [0.05, 0.1) is 11.0 Å². The molecular formula is C15H11N3O3. The van der Waals surface area contributed by atoms with Crippen molar-refractivity contribution >= 4 is 17.3 Å². The molecular weight excluding hydrogens is 270 g/mol. The maximum absolute atomic E-state index is 12.1. The van der Waals surface area contributed by atoms with E-state index in [2.05, 4.69) is 5.32 Å². The van der Waals surface area contributed by atoms with Crippen LogP contribution in [0.25, 0.3) is 0 Å². The standard InChI is InChI=1S/C15H11N3O3/c16-10-14(11-4-2-1-3-5-11)15(19)17-12-6-8-13(9-7-12)18(20)21/h1-9,14H,(H,17,19). The van der Waals surface area contributed by atoms with Crippen LogP contribution in [0, 0.1) is 21.4 Å². The smallest absolute Gasteiger partial charge is 0.269 e. The number of nitriles is 1. The third kappa shape index (κ3) is 3.42. The highest BCUT2D eigenvalue weighted by Crippen LogP contribution is 2.19. The highest BCUT2D eigenvalue weighted by atomic mass is 16.6. The molecule has 0 radical (unpaired) electrons. The van der Waals surface area contributed by atoms with Gasteiger partial charge in [-0.3, -0.25) is 14.9 Å². The second-order valence-electron chi connectivity index (χ2n) is 4.27. The molecule has 6 heteroatoms. The number of rotatable bonds is 4. The van der Waals surface area contributed by atoms with E-state index in [0.717, 1.165) is 0 Å². The lowest BCUT2D eigenvalue weighted by Gasteiger charge is -2.10. The van der Waals surface area contributed by atoms with Gasteiger partial charge in [0.25, 0.3) is 5.69 Å². The monoisotopic (exact) mass is 281 g/mol. The number of hydrogen-bond acceptors (Lipinski definition) is 4. The third-order valence-electron chi connectivity index (χ3n) is 2.87. The van der Waals surface area contributed by atoms with Crippen molar-refractivity contribution in [1.82, 2.24) is 0 Å². The number of non-ortho nitro benzene ring substituents is 1. The molecule has 1 atom stereocenters. The lowest BCUT2D eigenvalue weighted by molar-refractivity contribution is -0.384. The first-order valence-electron chi connectivity index (χ1n) is 6.11. The first-order valence-corrected chi connectivity index (χ1v) is 6.11. The molecule has 0 saturated heterocycles. The zero-order chi connectivity index (χ0) is 15.2. The van der Waals surface area contributed by atoms with Crippen LogP contribution in [0.2, 0.25) is 0 Å². The number of nitrogens with one attached hydrogen (secondary N) is 1. The molecule has 0 spiro atoms. The summed E-state index contributed by atoms with van der Waals surface area (Å²) in [5.74, 6) is -1.40. The molecule has 0 saturated carbocycles. The van der Waals surface area contributed by atoms with E-state index in [9.17, 15) is 14.9 Å². The van der Waals surface area contributed by atoms with E-state index in [1.165, 1.54) is 24.3 Å². The lowest BCUT2D eigenvalue weighted by atomic mass is 10.00. The molecule has 0 aliphatic carbocycles. The number of carbonyl (C=O) groups is 1. The van der Waals surface area contributed by atoms with Crippen molar-refractivity contribution in [2.24, 2.45) is 0 Å². The molecule has 104 valence electrons. The highest BCUT2D eigenvalue weighted by molar-refractivity contribution is 5.97. The Bertz CT molecular complexity index is 690. The fourth-order valence-corrected chi connectivity index (χ4v) is 1.81. The number of nitrogens with zero attached hydrogens (tertiary/aromatic N) is 2. The van der Waals surface area contributed by atoms with Crippen LogP contribution in [0.3, 0.4) is 0 Å². The summed E-state index contributed by atoms with van der Waals surface area (Å²) in [5, 5.41) is 22.3. The van der Waals surface area contributed by atoms with Crippen LogP contribution in [-0.4, -0.2) is 10.8 Å². The molecule has 6 nitrogen and oxygen atoms in total. The Morgan fingerprint density at radius 3 is 2.29 bits per heavy atom. The minimum absolute atomic E-state index is 0.0621. The van der Waals surface area contributed by atoms with Gasteiger partial charge in [0.1, 0.15) is 0 Å². The lowest BCUT2D eigenvalue weighted by Crippen LogP contribution is -2.19. The van der Waals surface area contributed by atoms with Crippen LogP contribution in [0.1, 0.15) is 11.5 Å². The summed E-state index contributed by atoms with van der Waals surface area (Å²) in [7, 11) is 0. The first-order chi connectivity index (χ1) is 10.1. The van der Waals surface area contributed by atoms with Crippen LogP contribution in [-0.2, 0) is 4.79 Å². The van der Waals surface area contributed by atoms with Crippen molar-refractivity contribution in [3.05, 3.63) is 70.3 Å². The van der Waals surface area contributed by atoms with E-state index in [0.29, 0.717) is 11.3 Å². The Morgan fingerprint density at radius 1 is 1.14 bits per heavy atom. The van der Waals surface area contributed by atoms with Crippen molar-refractivity contribution in [1.29, 1.82) is 5.26 Å². The average molecular weight is 281 g/mol. The second-order valence-corrected chi connectivity index (χ2v) is 4.27. The van der Waals surface area contributed by atoms with Gasteiger partial charge in [-0.05, 0) is 17.7 Å². The molecule has 2 aromatic carbocycles. The van der Waals surface area contributed by atoms with E-state index in [1.54, 1.807) is 30.3 Å². The molecule has 1 N–H and O–H groups in total. The van der Waals surface area contributed by atoms with E-state index in [-0.39, 0.29) is 5.69 Å². The molecule has 1 amide bonds. The van der Waals surface area contributed by atoms with Crippen molar-refractivity contribution in [2.45, 2.75) is 5.92 Å². The molecule has 0 bridgehead atoms. The summed E-state index contributed by atoms with van der Waals surface area (Å²) in [4.78, 5) is 22.1. The summed E-state index contributed by atoms with van der Waals surface area (Å²) in [6.07, 6.45) is 0. The Balaban J connectivity index is 2.13. The van der Waals surface area contributed by atoms with Crippen LogP contribution in [0.4, 0.5) is 11.4 Å². The normalized spacial score (nSPS) is 11.2. The van der Waals surface area contributed by atoms with Gasteiger partial charge in [-0.15, -0.1) is 0 Å². The van der Waals surface area contributed by atoms with Crippen LogP contribution >= 0.6 is 0 Å². The Labute approximate surface area is 120 Å². The van der Waals surface area contributed by atoms with Crippen LogP contribution in [0.5, 0.6) is 0 Å². The van der Waals surface area contributed by atoms with Gasteiger partial charge in [0.15, 0.2) is 5.92 Å². The zero-order valence-electron chi connectivity index (χ0n) is 10.9. The number of nitro benzene ring substituents is 1. The quantitative estimate of drug-likeness (QED) is 0.688. The number of nitro groups is 1. The van der Waals surface area contributed by atoms with Crippen molar-refractivity contribution in [2.75, 3.05) is 5.32 Å². The summed E-state index contributed by atoms with van der Waals surface area (Å²) in [6.45, 7) is 0. The summed E-state index contributed by atoms with van der Waals surface area (Å²) < 4.78 is 0. The summed E-state index contributed by atoms with van der Waals surface area (Å²) in [5.41, 5.74) is 0.939. The number of amides is 1. The van der Waals surface area contributed by atoms with E-state index in [1.807, 2.05) is 6.07 Å². The van der Waals surface area contributed by atoms with E-state index in [4.69, 9.17) is 5.26 Å². The van der Waals surface area contributed by atoms with E-state index >= 15 is 0 Å². The van der Waals surface area contributed by atoms with Gasteiger partial charge < -0.3 is 5.32 Å². The van der Waals surface area contributed by atoms with Gasteiger partial charge in [-0.25, -0.2) is 0 Å². The first kappa shape index (κ1) is 14.2. The van der Waals surface area contributed by atoms with Crippen molar-refractivity contribution in [3.63, 3.8) is 0 Å². The topological polar surface area (TPSA) is 96.0 Å². The molecule has 1 unspecified atom stereocenters. The molecule has 2 aromatic rings. The molecule has 0 fully saturated rings. The maximum Gasteiger partial charge on any atom is 0.269 e. The summed E-state index contributed by atoms with van der Waals surface area (Å²) >= 11 is 0. The highest BCUT2D eigenvalue weighted by Gasteiger charge is 2.20. The molecule has 21 heavy (non-hydrogen) atoms. The third-order valence-corrected chi connectivity index (χ3v) is 2.87. The molecule has 0 aliphatic heterocycles.